The highest BCUT2D eigenvalue weighted by molar-refractivity contribution is 5.18. The molecule has 4 heteroatoms. The second-order valence-electron chi connectivity index (χ2n) is 3.97. The topological polar surface area (TPSA) is 51.0 Å². The van der Waals surface area contributed by atoms with E-state index in [0.29, 0.717) is 0 Å². The second-order valence-corrected chi connectivity index (χ2v) is 3.97. The van der Waals surface area contributed by atoms with Crippen LogP contribution in [-0.2, 0) is 12.8 Å². The van der Waals surface area contributed by atoms with E-state index < -0.39 is 0 Å². The summed E-state index contributed by atoms with van der Waals surface area (Å²) in [7, 11) is 1.94. The lowest BCUT2D eigenvalue weighted by molar-refractivity contribution is 0.370. The molecule has 0 saturated carbocycles. The predicted octanol–water partition coefficient (Wildman–Crippen LogP) is 1.81. The lowest BCUT2D eigenvalue weighted by atomic mass is 10.1. The van der Waals surface area contributed by atoms with E-state index in [0.717, 1.165) is 37.5 Å². The number of nitrogens with zero attached hydrogens (tertiary/aromatic N) is 2. The van der Waals surface area contributed by atoms with Crippen LogP contribution in [0.3, 0.4) is 0 Å². The van der Waals surface area contributed by atoms with Crippen molar-refractivity contribution in [3.63, 3.8) is 0 Å². The molecule has 4 nitrogen and oxygen atoms in total. The molecular formula is C13H17N3O. The predicted molar refractivity (Wildman–Crippen MR) is 65.8 cm³/mol. The summed E-state index contributed by atoms with van der Waals surface area (Å²) in [6.07, 6.45) is 2.59. The smallest absolute Gasteiger partial charge is 0.226 e. The molecule has 0 radical (unpaired) electrons. The molecule has 0 unspecified atom stereocenters. The highest BCUT2D eigenvalue weighted by Crippen LogP contribution is 2.07. The summed E-state index contributed by atoms with van der Waals surface area (Å²) < 4.78 is 5.19. The summed E-state index contributed by atoms with van der Waals surface area (Å²) in [4.78, 5) is 4.37. The van der Waals surface area contributed by atoms with Gasteiger partial charge in [0.15, 0.2) is 5.82 Å². The van der Waals surface area contributed by atoms with E-state index in [1.807, 2.05) is 25.2 Å². The number of nitrogens with one attached hydrogen (secondary N) is 1. The third-order valence-corrected chi connectivity index (χ3v) is 2.53. The summed E-state index contributed by atoms with van der Waals surface area (Å²) in [5.41, 5.74) is 1.20. The van der Waals surface area contributed by atoms with Crippen molar-refractivity contribution in [3.05, 3.63) is 47.6 Å². The zero-order chi connectivity index (χ0) is 11.9. The molecule has 0 saturated heterocycles. The highest BCUT2D eigenvalue weighted by atomic mass is 16.5. The first-order valence-corrected chi connectivity index (χ1v) is 5.88. The van der Waals surface area contributed by atoms with E-state index in [9.17, 15) is 0 Å². The van der Waals surface area contributed by atoms with Crippen molar-refractivity contribution in [3.8, 4) is 0 Å². The van der Waals surface area contributed by atoms with Crippen LogP contribution in [0.4, 0.5) is 0 Å². The van der Waals surface area contributed by atoms with Crippen LogP contribution in [0.1, 0.15) is 23.7 Å². The first kappa shape index (κ1) is 11.8. The Morgan fingerprint density at radius 2 is 2.06 bits per heavy atom. The Labute approximate surface area is 101 Å². The van der Waals surface area contributed by atoms with E-state index in [1.54, 1.807) is 0 Å². The Bertz CT molecular complexity index is 439. The molecule has 0 aliphatic rings. The molecule has 1 aromatic heterocycles. The highest BCUT2D eigenvalue weighted by Gasteiger charge is 2.06. The molecular weight excluding hydrogens is 214 g/mol. The van der Waals surface area contributed by atoms with Crippen molar-refractivity contribution in [1.29, 1.82) is 0 Å². The monoisotopic (exact) mass is 231 g/mol. The maximum absolute atomic E-state index is 5.19. The van der Waals surface area contributed by atoms with Gasteiger partial charge in [0.05, 0.1) is 0 Å². The third kappa shape index (κ3) is 3.67. The largest absolute Gasteiger partial charge is 0.339 e. The quantitative estimate of drug-likeness (QED) is 0.770. The minimum atomic E-state index is 0.728. The van der Waals surface area contributed by atoms with Gasteiger partial charge in [0.1, 0.15) is 0 Å². The van der Waals surface area contributed by atoms with Crippen LogP contribution in [0.25, 0.3) is 0 Å². The average molecular weight is 231 g/mol. The van der Waals surface area contributed by atoms with Gasteiger partial charge in [-0.3, -0.25) is 0 Å². The van der Waals surface area contributed by atoms with Gasteiger partial charge in [-0.15, -0.1) is 0 Å². The average Bonchev–Trinajstić information content (AvgIpc) is 2.79. The summed E-state index contributed by atoms with van der Waals surface area (Å²) >= 11 is 0. The number of rotatable bonds is 6. The normalized spacial score (nSPS) is 10.6. The number of hydrogen-bond acceptors (Lipinski definition) is 4. The molecule has 0 atom stereocenters. The van der Waals surface area contributed by atoms with Crippen LogP contribution >= 0.6 is 0 Å². The molecule has 0 spiro atoms. The molecule has 2 rings (SSSR count). The molecule has 1 aromatic carbocycles. The molecule has 2 aromatic rings. The third-order valence-electron chi connectivity index (χ3n) is 2.53. The maximum Gasteiger partial charge on any atom is 0.226 e. The first-order valence-electron chi connectivity index (χ1n) is 5.88. The van der Waals surface area contributed by atoms with Crippen molar-refractivity contribution in [2.24, 2.45) is 0 Å². The van der Waals surface area contributed by atoms with E-state index in [4.69, 9.17) is 4.52 Å². The number of hydrogen-bond donors (Lipinski definition) is 1. The molecule has 1 heterocycles. The van der Waals surface area contributed by atoms with Gasteiger partial charge in [0.2, 0.25) is 5.89 Å². The Kier molecular flexibility index (Phi) is 4.27. The fraction of sp³-hybridized carbons (Fsp3) is 0.385. The van der Waals surface area contributed by atoms with Crippen molar-refractivity contribution in [1.82, 2.24) is 15.5 Å². The Morgan fingerprint density at radius 3 is 2.82 bits per heavy atom. The molecule has 0 aliphatic heterocycles. The van der Waals surface area contributed by atoms with Crippen LogP contribution in [0.5, 0.6) is 0 Å². The molecule has 1 N–H and O–H groups in total. The van der Waals surface area contributed by atoms with Crippen molar-refractivity contribution in [2.45, 2.75) is 19.3 Å². The van der Waals surface area contributed by atoms with E-state index >= 15 is 0 Å². The Balaban J connectivity index is 1.90. The van der Waals surface area contributed by atoms with Gasteiger partial charge in [-0.25, -0.2) is 0 Å². The fourth-order valence-electron chi connectivity index (χ4n) is 1.66. The lowest BCUT2D eigenvalue weighted by Crippen LogP contribution is -2.08. The number of aryl methyl sites for hydroxylation is 1. The van der Waals surface area contributed by atoms with Gasteiger partial charge in [0, 0.05) is 12.8 Å². The van der Waals surface area contributed by atoms with Crippen LogP contribution in [-0.4, -0.2) is 23.7 Å². The summed E-state index contributed by atoms with van der Waals surface area (Å²) in [5, 5.41) is 7.08. The number of aromatic nitrogens is 2. The van der Waals surface area contributed by atoms with Gasteiger partial charge in [0.25, 0.3) is 0 Å². The Hall–Kier alpha value is -1.68. The van der Waals surface area contributed by atoms with Gasteiger partial charge in [-0.2, -0.15) is 4.98 Å². The molecule has 17 heavy (non-hydrogen) atoms. The maximum atomic E-state index is 5.19. The Morgan fingerprint density at radius 1 is 1.24 bits per heavy atom. The van der Waals surface area contributed by atoms with Gasteiger partial charge in [-0.05, 0) is 25.6 Å². The minimum Gasteiger partial charge on any atom is -0.339 e. The summed E-state index contributed by atoms with van der Waals surface area (Å²) in [5.74, 6) is 1.49. The van der Waals surface area contributed by atoms with Crippen molar-refractivity contribution < 1.29 is 4.52 Å². The van der Waals surface area contributed by atoms with Crippen LogP contribution in [0.15, 0.2) is 34.9 Å². The summed E-state index contributed by atoms with van der Waals surface area (Å²) in [6.45, 7) is 0.969. The van der Waals surface area contributed by atoms with Gasteiger partial charge >= 0.3 is 0 Å². The number of benzene rings is 1. The van der Waals surface area contributed by atoms with Gasteiger partial charge in [-0.1, -0.05) is 35.5 Å². The van der Waals surface area contributed by atoms with Crippen LogP contribution < -0.4 is 5.32 Å². The molecule has 0 aliphatic carbocycles. The summed E-state index contributed by atoms with van der Waals surface area (Å²) in [6, 6.07) is 10.2. The first-order chi connectivity index (χ1) is 8.38. The molecule has 0 bridgehead atoms. The molecule has 90 valence electrons. The minimum absolute atomic E-state index is 0.728. The van der Waals surface area contributed by atoms with Crippen LogP contribution in [0.2, 0.25) is 0 Å². The van der Waals surface area contributed by atoms with E-state index in [-0.39, 0.29) is 0 Å². The fourth-order valence-corrected chi connectivity index (χ4v) is 1.66. The van der Waals surface area contributed by atoms with Crippen LogP contribution in [0, 0.1) is 0 Å². The van der Waals surface area contributed by atoms with E-state index in [1.165, 1.54) is 5.56 Å². The molecule has 0 amide bonds. The van der Waals surface area contributed by atoms with E-state index in [2.05, 4.69) is 27.6 Å². The molecule has 0 fully saturated rings. The SMILES string of the molecule is CNCCCc1nc(Cc2ccccc2)no1. The van der Waals surface area contributed by atoms with Crippen molar-refractivity contribution >= 4 is 0 Å². The standard InChI is InChI=1S/C13H17N3O/c1-14-9-5-8-13-15-12(16-17-13)10-11-6-3-2-4-7-11/h2-4,6-7,14H,5,8-10H2,1H3. The second kappa shape index (κ2) is 6.15. The lowest BCUT2D eigenvalue weighted by Gasteiger charge is -1.94. The zero-order valence-electron chi connectivity index (χ0n) is 10.0. The zero-order valence-corrected chi connectivity index (χ0v) is 10.0. The van der Waals surface area contributed by atoms with Crippen molar-refractivity contribution in [2.75, 3.05) is 13.6 Å². The van der Waals surface area contributed by atoms with Gasteiger partial charge < -0.3 is 9.84 Å².